The largest absolute Gasteiger partial charge is 0.490 e. The zero-order valence-electron chi connectivity index (χ0n) is 21.1. The molecule has 4 rings (SSSR count). The van der Waals surface area contributed by atoms with E-state index in [4.69, 9.17) is 30.7 Å². The SMILES string of the molecule is Cn1c[n+]([C@@H]2O[C@H](COP(=O)(O)OP(=O)(O)OP(=O)(O)O)[C@@H](OC(=O)c3ccccc3N)[C@H]2O)c2nc(N)[nH]c(=O)c21. The molecule has 0 radical (unpaired) electrons. The Kier molecular flexibility index (Phi) is 8.79. The van der Waals surface area contributed by atoms with Crippen molar-refractivity contribution in [3.63, 3.8) is 0 Å². The molecule has 1 aliphatic heterocycles. The van der Waals surface area contributed by atoms with E-state index in [0.717, 1.165) is 4.57 Å². The van der Waals surface area contributed by atoms with Crippen molar-refractivity contribution in [2.75, 3.05) is 18.1 Å². The number of ether oxygens (including phenoxy) is 2. The molecule has 3 aromatic rings. The average molecular weight is 657 g/mol. The minimum absolute atomic E-state index is 0.00215. The first-order chi connectivity index (χ1) is 19.4. The lowest BCUT2D eigenvalue weighted by atomic mass is 10.1. The van der Waals surface area contributed by atoms with Crippen molar-refractivity contribution in [2.24, 2.45) is 7.05 Å². The lowest BCUT2D eigenvalue weighted by Gasteiger charge is -2.22. The van der Waals surface area contributed by atoms with Gasteiger partial charge in [-0.05, 0) is 12.1 Å². The second-order valence-electron chi connectivity index (χ2n) is 8.66. The van der Waals surface area contributed by atoms with Crippen LogP contribution in [0.25, 0.3) is 11.2 Å². The summed E-state index contributed by atoms with van der Waals surface area (Å²) in [7, 11) is -15.6. The van der Waals surface area contributed by atoms with Gasteiger partial charge in [0, 0.05) is 5.69 Å². The molecule has 1 aromatic carbocycles. The maximum Gasteiger partial charge on any atom is 0.490 e. The monoisotopic (exact) mass is 657 g/mol. The van der Waals surface area contributed by atoms with Crippen LogP contribution in [0.1, 0.15) is 16.6 Å². The third kappa shape index (κ3) is 7.12. The van der Waals surface area contributed by atoms with Crippen molar-refractivity contribution in [3.8, 4) is 0 Å². The van der Waals surface area contributed by atoms with Crippen molar-refractivity contribution in [1.29, 1.82) is 0 Å². The quantitative estimate of drug-likeness (QED) is 0.0534. The molecule has 1 fully saturated rings. The lowest BCUT2D eigenvalue weighted by molar-refractivity contribution is -0.745. The van der Waals surface area contributed by atoms with Gasteiger partial charge in [-0.2, -0.15) is 8.62 Å². The van der Waals surface area contributed by atoms with Gasteiger partial charge in [0.25, 0.3) is 11.5 Å². The van der Waals surface area contributed by atoms with Gasteiger partial charge in [0.1, 0.15) is 6.10 Å². The van der Waals surface area contributed by atoms with Crippen molar-refractivity contribution >= 4 is 52.2 Å². The number of aromatic nitrogens is 4. The van der Waals surface area contributed by atoms with Crippen LogP contribution in [0.15, 0.2) is 35.4 Å². The second-order valence-corrected chi connectivity index (χ2v) is 13.1. The number of rotatable bonds is 10. The highest BCUT2D eigenvalue weighted by molar-refractivity contribution is 7.66. The fraction of sp³-hybridized carbons (Fsp3) is 0.333. The van der Waals surface area contributed by atoms with Gasteiger partial charge < -0.3 is 45.6 Å². The molecule has 0 spiro atoms. The van der Waals surface area contributed by atoms with Crippen LogP contribution in [0.2, 0.25) is 0 Å². The van der Waals surface area contributed by atoms with Crippen molar-refractivity contribution in [3.05, 3.63) is 46.5 Å². The number of nitrogen functional groups attached to an aromatic ring is 2. The molecular weight excluding hydrogens is 633 g/mol. The molecule has 0 aliphatic carbocycles. The van der Waals surface area contributed by atoms with Crippen LogP contribution in [0.5, 0.6) is 0 Å². The summed E-state index contributed by atoms with van der Waals surface area (Å²) in [5.74, 6) is -1.34. The zero-order valence-corrected chi connectivity index (χ0v) is 23.7. The molecule has 6 atom stereocenters. The topological polar surface area (TPSA) is 322 Å². The smallest absolute Gasteiger partial charge is 0.453 e. The molecule has 0 bridgehead atoms. The zero-order chi connectivity index (χ0) is 31.2. The summed E-state index contributed by atoms with van der Waals surface area (Å²) >= 11 is 0. The summed E-state index contributed by atoms with van der Waals surface area (Å²) in [5.41, 5.74) is 10.6. The Morgan fingerprint density at radius 1 is 1.14 bits per heavy atom. The average Bonchev–Trinajstić information content (AvgIpc) is 3.31. The number of imidazole rings is 1. The third-order valence-electron chi connectivity index (χ3n) is 5.61. The summed E-state index contributed by atoms with van der Waals surface area (Å²) in [4.78, 5) is 68.3. The molecule has 2 unspecified atom stereocenters. The number of nitrogens with zero attached hydrogens (tertiary/aromatic N) is 3. The Hall–Kier alpha value is -3.03. The first-order valence-corrected chi connectivity index (χ1v) is 15.8. The molecule has 42 heavy (non-hydrogen) atoms. The molecule has 1 aliphatic rings. The maximum atomic E-state index is 12.9. The molecule has 2 aromatic heterocycles. The molecule has 3 heterocycles. The van der Waals surface area contributed by atoms with Crippen LogP contribution in [0.4, 0.5) is 11.6 Å². The molecule has 0 saturated carbocycles. The van der Waals surface area contributed by atoms with Crippen LogP contribution >= 0.6 is 23.5 Å². The number of hydrogen-bond acceptors (Lipinski definition) is 14. The van der Waals surface area contributed by atoms with Gasteiger partial charge in [-0.15, -0.1) is 0 Å². The van der Waals surface area contributed by atoms with E-state index in [-0.39, 0.29) is 28.4 Å². The van der Waals surface area contributed by atoms with E-state index in [0.29, 0.717) is 0 Å². The number of nitrogens with two attached hydrogens (primary N) is 2. The van der Waals surface area contributed by atoms with Crippen molar-refractivity contribution in [2.45, 2.75) is 24.5 Å². The van der Waals surface area contributed by atoms with E-state index < -0.39 is 66.1 Å². The molecule has 24 heteroatoms. The van der Waals surface area contributed by atoms with Gasteiger partial charge in [0.15, 0.2) is 18.5 Å². The second kappa shape index (κ2) is 11.6. The Balaban J connectivity index is 1.64. The van der Waals surface area contributed by atoms with Gasteiger partial charge >= 0.3 is 35.1 Å². The number of phosphoric ester groups is 1. The number of aryl methyl sites for hydroxylation is 1. The van der Waals surface area contributed by atoms with E-state index in [2.05, 4.69) is 23.1 Å². The van der Waals surface area contributed by atoms with Gasteiger partial charge in [0.2, 0.25) is 11.7 Å². The number of fused-ring (bicyclic) bond motifs is 1. The summed E-state index contributed by atoms with van der Waals surface area (Å²) in [6, 6.07) is 5.73. The van der Waals surface area contributed by atoms with Gasteiger partial charge in [-0.25, -0.2) is 23.1 Å². The number of carbonyl (C=O) groups excluding carboxylic acids is 1. The van der Waals surface area contributed by atoms with E-state index in [1.54, 1.807) is 6.07 Å². The summed E-state index contributed by atoms with van der Waals surface area (Å²) in [6.07, 6.45) is -5.28. The first-order valence-electron chi connectivity index (χ1n) is 11.3. The van der Waals surface area contributed by atoms with Crippen LogP contribution < -0.4 is 21.6 Å². The van der Waals surface area contributed by atoms with E-state index in [1.807, 2.05) is 0 Å². The molecule has 10 N–H and O–H groups in total. The normalized spacial score (nSPS) is 23.9. The Morgan fingerprint density at radius 2 is 1.81 bits per heavy atom. The predicted octanol–water partition coefficient (Wildman–Crippen LogP) is -1.46. The van der Waals surface area contributed by atoms with E-state index >= 15 is 0 Å². The number of anilines is 2. The van der Waals surface area contributed by atoms with E-state index in [9.17, 15) is 38.2 Å². The predicted molar refractivity (Wildman–Crippen MR) is 136 cm³/mol. The molecule has 0 amide bonds. The van der Waals surface area contributed by atoms with Gasteiger partial charge in [-0.1, -0.05) is 17.1 Å². The fourth-order valence-electron chi connectivity index (χ4n) is 4.03. The van der Waals surface area contributed by atoms with Crippen LogP contribution in [-0.4, -0.2) is 70.1 Å². The number of aromatic amines is 1. The molecule has 230 valence electrons. The number of aliphatic hydroxyl groups is 1. The standard InChI is InChI=1S/C18H23N6O15P3/c1-23-7-24(14-11(23)15(26)22-18(20)21-14)16-12(25)13(37-17(27)8-4-2-3-5-9(8)19)10(36-16)6-35-41(31,32)39-42(33,34)38-40(28,29)30/h2-5,7,10,12-13,16,25H,6H2,1H3,(H8-,19,20,21,22,26,27,28,29,30,31,32,33,34)/p+1/t10-,12-,13-,16-/m1/s1. The van der Waals surface area contributed by atoms with Crippen molar-refractivity contribution < 1.29 is 70.4 Å². The molecule has 1 saturated heterocycles. The number of benzene rings is 1. The summed E-state index contributed by atoms with van der Waals surface area (Å²) in [6.45, 7) is -1.08. The highest BCUT2D eigenvalue weighted by Gasteiger charge is 2.51. The Bertz CT molecular complexity index is 1720. The third-order valence-corrected chi connectivity index (χ3v) is 9.42. The van der Waals surface area contributed by atoms with Crippen LogP contribution in [0, 0.1) is 0 Å². The maximum absolute atomic E-state index is 12.9. The lowest BCUT2D eigenvalue weighted by Crippen LogP contribution is -2.47. The number of esters is 1. The summed E-state index contributed by atoms with van der Waals surface area (Å²) < 4.78 is 60.4. The molecule has 21 nitrogen and oxygen atoms in total. The summed E-state index contributed by atoms with van der Waals surface area (Å²) in [5, 5.41) is 11.2. The number of hydrogen-bond donors (Lipinski definition) is 8. The number of phosphoric acid groups is 3. The first kappa shape index (κ1) is 31.9. The minimum Gasteiger partial charge on any atom is -0.453 e. The molecular formula is C18H24N6O15P3+. The Labute approximate surface area is 233 Å². The number of carbonyl (C=O) groups is 1. The highest BCUT2D eigenvalue weighted by Crippen LogP contribution is 2.66. The van der Waals surface area contributed by atoms with E-state index in [1.165, 1.54) is 36.1 Å². The van der Waals surface area contributed by atoms with Crippen LogP contribution in [0.3, 0.4) is 0 Å². The fourth-order valence-corrected chi connectivity index (χ4v) is 7.06. The highest BCUT2D eigenvalue weighted by atomic mass is 31.3. The van der Waals surface area contributed by atoms with Gasteiger partial charge in [-0.3, -0.25) is 18.9 Å². The van der Waals surface area contributed by atoms with Crippen molar-refractivity contribution in [1.82, 2.24) is 14.5 Å². The van der Waals surface area contributed by atoms with Gasteiger partial charge in [0.05, 0.1) is 19.2 Å². The Morgan fingerprint density at radius 3 is 2.45 bits per heavy atom. The number of para-hydroxylation sites is 1. The minimum atomic E-state index is -5.84. The number of aliphatic hydroxyl groups excluding tert-OH is 1. The number of H-pyrrole nitrogens is 1. The number of nitrogens with one attached hydrogen (secondary N) is 1. The van der Waals surface area contributed by atoms with Crippen LogP contribution in [-0.2, 0) is 43.4 Å².